The fraction of sp³-hybridized carbons (Fsp3) is 0.378. The number of anilines is 1. The maximum absolute atomic E-state index is 13.0. The van der Waals surface area contributed by atoms with Crippen LogP contribution in [0.5, 0.6) is 11.5 Å². The molecule has 0 bridgehead atoms. The van der Waals surface area contributed by atoms with E-state index < -0.39 is 15.9 Å². The van der Waals surface area contributed by atoms with Crippen LogP contribution in [0.1, 0.15) is 88.7 Å². The molecule has 0 radical (unpaired) electrons. The average molecular weight is 631 g/mol. The molecule has 0 fully saturated rings. The molecule has 0 aromatic heterocycles. The molecule has 240 valence electrons. The van der Waals surface area contributed by atoms with E-state index in [9.17, 15) is 18.3 Å². The molecule has 0 spiro atoms. The Morgan fingerprint density at radius 2 is 1.58 bits per heavy atom. The summed E-state index contributed by atoms with van der Waals surface area (Å²) in [5.41, 5.74) is 2.97. The highest BCUT2D eigenvalue weighted by Gasteiger charge is 2.26. The molecule has 7 nitrogen and oxygen atoms in total. The highest BCUT2D eigenvalue weighted by atomic mass is 32.2. The quantitative estimate of drug-likeness (QED) is 0.122. The van der Waals surface area contributed by atoms with Crippen molar-refractivity contribution in [2.24, 2.45) is 0 Å². The van der Waals surface area contributed by atoms with Gasteiger partial charge in [0.1, 0.15) is 11.5 Å². The number of ether oxygens (including phenoxy) is 1. The minimum Gasteiger partial charge on any atom is -0.506 e. The summed E-state index contributed by atoms with van der Waals surface area (Å²) in [6.45, 7) is 14.1. The number of nitrogens with one attached hydrogen (secondary N) is 2. The van der Waals surface area contributed by atoms with Crippen molar-refractivity contribution >= 4 is 32.4 Å². The first-order valence-electron chi connectivity index (χ1n) is 15.7. The lowest BCUT2D eigenvalue weighted by Crippen LogP contribution is -2.25. The zero-order valence-corrected chi connectivity index (χ0v) is 28.1. The van der Waals surface area contributed by atoms with Gasteiger partial charge in [0.05, 0.1) is 17.1 Å². The molecule has 0 atom stereocenters. The molecule has 0 unspecified atom stereocenters. The summed E-state index contributed by atoms with van der Waals surface area (Å²) in [6.07, 6.45) is 3.31. The minimum atomic E-state index is -3.80. The van der Waals surface area contributed by atoms with E-state index >= 15 is 0 Å². The number of carbonyl (C=O) groups excluding carboxylic acids is 1. The molecule has 8 heteroatoms. The van der Waals surface area contributed by atoms with Gasteiger partial charge in [-0.3, -0.25) is 4.79 Å². The van der Waals surface area contributed by atoms with Crippen LogP contribution in [0.25, 0.3) is 10.8 Å². The fourth-order valence-electron chi connectivity index (χ4n) is 5.08. The van der Waals surface area contributed by atoms with Crippen molar-refractivity contribution in [2.75, 3.05) is 18.5 Å². The molecular weight excluding hydrogens is 584 g/mol. The number of amides is 1. The molecule has 4 rings (SSSR count). The third kappa shape index (κ3) is 8.05. The third-order valence-electron chi connectivity index (χ3n) is 8.93. The van der Waals surface area contributed by atoms with Crippen LogP contribution in [0, 0.1) is 0 Å². The molecule has 45 heavy (non-hydrogen) atoms. The average Bonchev–Trinajstić information content (AvgIpc) is 3.03. The largest absolute Gasteiger partial charge is 0.506 e. The molecule has 4 aromatic rings. The summed E-state index contributed by atoms with van der Waals surface area (Å²) in [7, 11) is -3.80. The summed E-state index contributed by atoms with van der Waals surface area (Å²) >= 11 is 0. The number of phenols is 1. The van der Waals surface area contributed by atoms with E-state index in [0.717, 1.165) is 24.0 Å². The van der Waals surface area contributed by atoms with Crippen LogP contribution < -0.4 is 14.8 Å². The first kappa shape index (κ1) is 34.0. The van der Waals surface area contributed by atoms with Gasteiger partial charge in [-0.2, -0.15) is 0 Å². The zero-order valence-electron chi connectivity index (χ0n) is 27.2. The van der Waals surface area contributed by atoms with Crippen molar-refractivity contribution in [2.45, 2.75) is 83.0 Å². The van der Waals surface area contributed by atoms with Crippen molar-refractivity contribution in [3.63, 3.8) is 0 Å². The van der Waals surface area contributed by atoms with Crippen molar-refractivity contribution in [1.82, 2.24) is 4.72 Å². The molecule has 0 aliphatic rings. The monoisotopic (exact) mass is 630 g/mol. The van der Waals surface area contributed by atoms with Gasteiger partial charge >= 0.3 is 0 Å². The molecule has 0 aliphatic carbocycles. The van der Waals surface area contributed by atoms with E-state index in [1.54, 1.807) is 36.4 Å². The van der Waals surface area contributed by atoms with Crippen molar-refractivity contribution in [3.8, 4) is 11.5 Å². The van der Waals surface area contributed by atoms with Crippen molar-refractivity contribution < 1.29 is 23.1 Å². The van der Waals surface area contributed by atoms with Gasteiger partial charge in [-0.15, -0.1) is 0 Å². The Morgan fingerprint density at radius 3 is 2.31 bits per heavy atom. The van der Waals surface area contributed by atoms with Crippen molar-refractivity contribution in [3.05, 3.63) is 95.6 Å². The number of benzene rings is 4. The summed E-state index contributed by atoms with van der Waals surface area (Å²) in [4.78, 5) is 13.0. The number of hydrogen-bond donors (Lipinski definition) is 3. The zero-order chi connectivity index (χ0) is 32.8. The summed E-state index contributed by atoms with van der Waals surface area (Å²) in [5, 5.41) is 14.7. The number of hydrogen-bond acceptors (Lipinski definition) is 5. The van der Waals surface area contributed by atoms with Gasteiger partial charge in [0.25, 0.3) is 5.91 Å². The third-order valence-corrected chi connectivity index (χ3v) is 10.4. The molecule has 4 aromatic carbocycles. The van der Waals surface area contributed by atoms with E-state index in [1.807, 2.05) is 12.1 Å². The van der Waals surface area contributed by atoms with Crippen LogP contribution >= 0.6 is 0 Å². The number of carbonyl (C=O) groups is 1. The molecule has 0 aliphatic heterocycles. The number of rotatable bonds is 14. The van der Waals surface area contributed by atoms with E-state index in [0.29, 0.717) is 30.5 Å². The number of phenolic OH excluding ortho intramolecular Hbond substituents is 1. The second kappa shape index (κ2) is 14.0. The van der Waals surface area contributed by atoms with E-state index in [4.69, 9.17) is 4.74 Å². The second-order valence-corrected chi connectivity index (χ2v) is 14.6. The standard InChI is InChI=1S/C37H46N2O5S/c1-7-36(3,4)27-19-21-33(32(24-27)37(5,6)8-2)44-23-12-11-22-38-45(42,43)29-16-13-15-28(25-29)39-35(41)31-20-18-26-14-9-10-17-30(26)34(31)40/h9-10,13-21,24-25,38,40H,7-8,11-12,22-23H2,1-6H3,(H,39,41). The predicted molar refractivity (Wildman–Crippen MR) is 183 cm³/mol. The summed E-state index contributed by atoms with van der Waals surface area (Å²) in [6, 6.07) is 23.1. The van der Waals surface area contributed by atoms with Crippen LogP contribution in [0.4, 0.5) is 5.69 Å². The van der Waals surface area contributed by atoms with Gasteiger partial charge in [-0.05, 0) is 77.8 Å². The highest BCUT2D eigenvalue weighted by molar-refractivity contribution is 7.89. The van der Waals surface area contributed by atoms with Gasteiger partial charge in [-0.25, -0.2) is 13.1 Å². The Labute approximate surface area is 268 Å². The Hall–Kier alpha value is -3.88. The van der Waals surface area contributed by atoms with Crippen LogP contribution in [-0.4, -0.2) is 32.6 Å². The highest BCUT2D eigenvalue weighted by Crippen LogP contribution is 2.38. The number of fused-ring (bicyclic) bond motifs is 1. The smallest absolute Gasteiger partial charge is 0.259 e. The molecule has 0 saturated carbocycles. The van der Waals surface area contributed by atoms with Gasteiger partial charge in [0, 0.05) is 23.2 Å². The molecule has 1 amide bonds. The normalized spacial score (nSPS) is 12.3. The summed E-state index contributed by atoms with van der Waals surface area (Å²) in [5.74, 6) is 0.228. The Balaban J connectivity index is 1.33. The lowest BCUT2D eigenvalue weighted by atomic mass is 9.76. The maximum atomic E-state index is 13.0. The van der Waals surface area contributed by atoms with Crippen LogP contribution in [0.3, 0.4) is 0 Å². The Kier molecular flexibility index (Phi) is 10.6. The molecule has 3 N–H and O–H groups in total. The van der Waals surface area contributed by atoms with Gasteiger partial charge < -0.3 is 15.2 Å². The van der Waals surface area contributed by atoms with Gasteiger partial charge in [0.2, 0.25) is 10.0 Å². The van der Waals surface area contributed by atoms with Crippen molar-refractivity contribution in [1.29, 1.82) is 0 Å². The SMILES string of the molecule is CCC(C)(C)c1ccc(OCCCCNS(=O)(=O)c2cccc(NC(=O)c3ccc4ccccc4c3O)c2)c(C(C)(C)CC)c1. The molecule has 0 heterocycles. The van der Waals surface area contributed by atoms with E-state index in [-0.39, 0.29) is 33.6 Å². The Morgan fingerprint density at radius 1 is 0.844 bits per heavy atom. The fourth-order valence-corrected chi connectivity index (χ4v) is 6.20. The number of aromatic hydroxyl groups is 1. The minimum absolute atomic E-state index is 0.0331. The van der Waals surface area contributed by atoms with Crippen LogP contribution in [0.15, 0.2) is 83.8 Å². The lowest BCUT2D eigenvalue weighted by molar-refractivity contribution is 0.102. The topological polar surface area (TPSA) is 105 Å². The first-order chi connectivity index (χ1) is 21.3. The number of sulfonamides is 1. The lowest BCUT2D eigenvalue weighted by Gasteiger charge is -2.30. The molecule has 0 saturated heterocycles. The number of unbranched alkanes of at least 4 members (excludes halogenated alkanes) is 1. The van der Waals surface area contributed by atoms with Gasteiger partial charge in [-0.1, -0.05) is 90.1 Å². The van der Waals surface area contributed by atoms with Crippen LogP contribution in [-0.2, 0) is 20.9 Å². The van der Waals surface area contributed by atoms with Gasteiger partial charge in [0.15, 0.2) is 0 Å². The van der Waals surface area contributed by atoms with Crippen LogP contribution in [0.2, 0.25) is 0 Å². The first-order valence-corrected chi connectivity index (χ1v) is 17.2. The van der Waals surface area contributed by atoms with E-state index in [1.165, 1.54) is 23.3 Å². The predicted octanol–water partition coefficient (Wildman–Crippen LogP) is 8.31. The molecular formula is C37H46N2O5S. The van der Waals surface area contributed by atoms with E-state index in [2.05, 4.69) is 69.8 Å². The summed E-state index contributed by atoms with van der Waals surface area (Å²) < 4.78 is 34.9. The maximum Gasteiger partial charge on any atom is 0.259 e. The Bertz CT molecular complexity index is 1760. The second-order valence-electron chi connectivity index (χ2n) is 12.8.